The standard InChI is InChI=1S/C27H20Cl2N2O3/c1-15(2)27(33)34-26-23-22(25(32)31(26)17-8-4-3-5-9-17)19-14-16(28)12-13-21(19)30-24(23)18-10-6-7-11-20(18)29/h3-15,26H,1-2H3. The first kappa shape index (κ1) is 22.4. The number of fused-ring (bicyclic) bond motifs is 3. The van der Waals surface area contributed by atoms with Crippen LogP contribution >= 0.6 is 23.2 Å². The minimum atomic E-state index is -1.01. The molecule has 34 heavy (non-hydrogen) atoms. The smallest absolute Gasteiger partial charge is 0.310 e. The molecule has 0 saturated heterocycles. The Morgan fingerprint density at radius 3 is 2.41 bits per heavy atom. The minimum Gasteiger partial charge on any atom is -0.436 e. The fourth-order valence-corrected chi connectivity index (χ4v) is 4.53. The highest BCUT2D eigenvalue weighted by Crippen LogP contribution is 2.46. The zero-order valence-electron chi connectivity index (χ0n) is 18.5. The summed E-state index contributed by atoms with van der Waals surface area (Å²) >= 11 is 12.9. The molecule has 7 heteroatoms. The second-order valence-corrected chi connectivity index (χ2v) is 9.19. The SMILES string of the molecule is CC(C)C(=O)OC1c2c(-c3ccccc3Cl)nc3ccc(Cl)cc3c2C(=O)N1c1ccccc1. The van der Waals surface area contributed by atoms with E-state index < -0.39 is 12.2 Å². The number of amides is 1. The monoisotopic (exact) mass is 490 g/mol. The molecule has 0 saturated carbocycles. The highest BCUT2D eigenvalue weighted by Gasteiger charge is 2.44. The molecular formula is C27H20Cl2N2O3. The van der Waals surface area contributed by atoms with Crippen LogP contribution in [0.5, 0.6) is 0 Å². The van der Waals surface area contributed by atoms with Crippen LogP contribution in [0.3, 0.4) is 0 Å². The van der Waals surface area contributed by atoms with Crippen molar-refractivity contribution in [1.82, 2.24) is 4.98 Å². The van der Waals surface area contributed by atoms with E-state index in [0.29, 0.717) is 49.0 Å². The molecule has 5 nitrogen and oxygen atoms in total. The van der Waals surface area contributed by atoms with Crippen molar-refractivity contribution in [2.24, 2.45) is 5.92 Å². The Morgan fingerprint density at radius 1 is 1.00 bits per heavy atom. The molecule has 1 amide bonds. The average Bonchev–Trinajstić information content (AvgIpc) is 3.11. The molecule has 0 fully saturated rings. The molecule has 1 aliphatic heterocycles. The maximum Gasteiger partial charge on any atom is 0.310 e. The van der Waals surface area contributed by atoms with Crippen LogP contribution in [0.2, 0.25) is 10.0 Å². The lowest BCUT2D eigenvalue weighted by atomic mass is 9.97. The number of rotatable bonds is 4. The molecule has 1 aromatic heterocycles. The largest absolute Gasteiger partial charge is 0.436 e. The van der Waals surface area contributed by atoms with Crippen LogP contribution in [0.4, 0.5) is 5.69 Å². The Morgan fingerprint density at radius 2 is 1.71 bits per heavy atom. The van der Waals surface area contributed by atoms with Gasteiger partial charge in [-0.1, -0.05) is 73.4 Å². The Labute approximate surface area is 206 Å². The third-order valence-corrected chi connectivity index (χ3v) is 6.33. The molecule has 1 aliphatic rings. The van der Waals surface area contributed by atoms with Crippen molar-refractivity contribution >= 4 is 51.7 Å². The molecule has 170 valence electrons. The van der Waals surface area contributed by atoms with Gasteiger partial charge in [-0.3, -0.25) is 14.5 Å². The highest BCUT2D eigenvalue weighted by molar-refractivity contribution is 6.34. The lowest BCUT2D eigenvalue weighted by Gasteiger charge is -2.26. The highest BCUT2D eigenvalue weighted by atomic mass is 35.5. The first-order valence-electron chi connectivity index (χ1n) is 10.8. The number of hydrogen-bond acceptors (Lipinski definition) is 4. The van der Waals surface area contributed by atoms with Crippen molar-refractivity contribution in [3.8, 4) is 11.3 Å². The summed E-state index contributed by atoms with van der Waals surface area (Å²) in [6.07, 6.45) is -1.01. The van der Waals surface area contributed by atoms with Gasteiger partial charge >= 0.3 is 5.97 Å². The zero-order valence-corrected chi connectivity index (χ0v) is 20.0. The lowest BCUT2D eigenvalue weighted by molar-refractivity contribution is -0.152. The van der Waals surface area contributed by atoms with E-state index in [9.17, 15) is 9.59 Å². The number of carbonyl (C=O) groups is 2. The third kappa shape index (κ3) is 3.71. The summed E-state index contributed by atoms with van der Waals surface area (Å²) in [6.45, 7) is 3.50. The molecule has 0 radical (unpaired) electrons. The van der Waals surface area contributed by atoms with Crippen LogP contribution in [-0.4, -0.2) is 16.9 Å². The number of para-hydroxylation sites is 1. The summed E-state index contributed by atoms with van der Waals surface area (Å²) in [5.74, 6) is -1.11. The van der Waals surface area contributed by atoms with E-state index in [-0.39, 0.29) is 11.8 Å². The number of carbonyl (C=O) groups excluding carboxylic acids is 2. The van der Waals surface area contributed by atoms with Crippen LogP contribution in [0.1, 0.15) is 36.0 Å². The number of benzene rings is 3. The molecule has 0 bridgehead atoms. The normalized spacial score (nSPS) is 15.1. The van der Waals surface area contributed by atoms with Gasteiger partial charge in [0, 0.05) is 26.7 Å². The van der Waals surface area contributed by atoms with Crippen molar-refractivity contribution < 1.29 is 14.3 Å². The molecule has 0 N–H and O–H groups in total. The Kier molecular flexibility index (Phi) is 5.76. The van der Waals surface area contributed by atoms with E-state index in [4.69, 9.17) is 32.9 Å². The second-order valence-electron chi connectivity index (χ2n) is 8.35. The summed E-state index contributed by atoms with van der Waals surface area (Å²) in [6, 6.07) is 21.6. The average molecular weight is 491 g/mol. The summed E-state index contributed by atoms with van der Waals surface area (Å²) < 4.78 is 5.97. The summed E-state index contributed by atoms with van der Waals surface area (Å²) in [5.41, 5.74) is 3.22. The van der Waals surface area contributed by atoms with Crippen LogP contribution in [0.15, 0.2) is 72.8 Å². The van der Waals surface area contributed by atoms with Crippen molar-refractivity contribution in [2.75, 3.05) is 4.90 Å². The van der Waals surface area contributed by atoms with Crippen molar-refractivity contribution in [3.63, 3.8) is 0 Å². The van der Waals surface area contributed by atoms with Crippen molar-refractivity contribution in [2.45, 2.75) is 20.1 Å². The Bertz CT molecular complexity index is 1440. The molecule has 1 unspecified atom stereocenters. The van der Waals surface area contributed by atoms with Crippen LogP contribution in [0.25, 0.3) is 22.2 Å². The van der Waals surface area contributed by atoms with Gasteiger partial charge in [-0.05, 0) is 36.4 Å². The van der Waals surface area contributed by atoms with Crippen LogP contribution in [-0.2, 0) is 9.53 Å². The van der Waals surface area contributed by atoms with Gasteiger partial charge in [-0.25, -0.2) is 4.98 Å². The van der Waals surface area contributed by atoms with Gasteiger partial charge < -0.3 is 4.74 Å². The quantitative estimate of drug-likeness (QED) is 0.287. The van der Waals surface area contributed by atoms with E-state index in [1.54, 1.807) is 50.2 Å². The summed E-state index contributed by atoms with van der Waals surface area (Å²) in [4.78, 5) is 33.1. The van der Waals surface area contributed by atoms with Gasteiger partial charge in [0.15, 0.2) is 0 Å². The van der Waals surface area contributed by atoms with Gasteiger partial charge in [-0.15, -0.1) is 0 Å². The topological polar surface area (TPSA) is 59.5 Å². The molecule has 5 rings (SSSR count). The maximum absolute atomic E-state index is 14.0. The molecule has 4 aromatic rings. The maximum atomic E-state index is 14.0. The Balaban J connectivity index is 1.86. The molecule has 3 aromatic carbocycles. The summed E-state index contributed by atoms with van der Waals surface area (Å²) in [7, 11) is 0. The van der Waals surface area contributed by atoms with Gasteiger partial charge in [0.05, 0.1) is 28.3 Å². The third-order valence-electron chi connectivity index (χ3n) is 5.76. The van der Waals surface area contributed by atoms with E-state index >= 15 is 0 Å². The molecule has 1 atom stereocenters. The number of halogens is 2. The van der Waals surface area contributed by atoms with E-state index in [2.05, 4.69) is 0 Å². The first-order chi connectivity index (χ1) is 16.4. The second kappa shape index (κ2) is 8.75. The molecule has 2 heterocycles. The fourth-order valence-electron chi connectivity index (χ4n) is 4.13. The minimum absolute atomic E-state index is 0.300. The summed E-state index contributed by atoms with van der Waals surface area (Å²) in [5, 5.41) is 1.54. The lowest BCUT2D eigenvalue weighted by Crippen LogP contribution is -2.32. The number of esters is 1. The van der Waals surface area contributed by atoms with E-state index in [1.807, 2.05) is 36.4 Å². The molecule has 0 aliphatic carbocycles. The van der Waals surface area contributed by atoms with Crippen molar-refractivity contribution in [1.29, 1.82) is 0 Å². The number of aromatic nitrogens is 1. The van der Waals surface area contributed by atoms with Crippen LogP contribution < -0.4 is 4.90 Å². The number of hydrogen-bond donors (Lipinski definition) is 0. The number of pyridine rings is 1. The number of anilines is 1. The molecule has 0 spiro atoms. The van der Waals surface area contributed by atoms with E-state index in [1.165, 1.54) is 4.90 Å². The Hall–Kier alpha value is -3.41. The predicted octanol–water partition coefficient (Wildman–Crippen LogP) is 7.07. The number of nitrogens with zero attached hydrogens (tertiary/aromatic N) is 2. The van der Waals surface area contributed by atoms with E-state index in [0.717, 1.165) is 0 Å². The zero-order chi connectivity index (χ0) is 24.0. The van der Waals surface area contributed by atoms with Crippen LogP contribution in [0, 0.1) is 5.92 Å². The fraction of sp³-hybridized carbons (Fsp3) is 0.148. The van der Waals surface area contributed by atoms with Crippen molar-refractivity contribution in [3.05, 3.63) is 94.0 Å². The van der Waals surface area contributed by atoms with Gasteiger partial charge in [0.2, 0.25) is 6.23 Å². The first-order valence-corrected chi connectivity index (χ1v) is 11.6. The molecular weight excluding hydrogens is 471 g/mol. The van der Waals surface area contributed by atoms with Gasteiger partial charge in [0.1, 0.15) is 0 Å². The van der Waals surface area contributed by atoms with Gasteiger partial charge in [0.25, 0.3) is 5.91 Å². The van der Waals surface area contributed by atoms with Gasteiger partial charge in [-0.2, -0.15) is 0 Å². The predicted molar refractivity (Wildman–Crippen MR) is 134 cm³/mol. The number of ether oxygens (including phenoxy) is 1.